The average molecular weight is 492 g/mol. The van der Waals surface area contributed by atoms with E-state index in [1.165, 1.54) is 18.1 Å². The van der Waals surface area contributed by atoms with E-state index in [4.69, 9.17) is 5.73 Å². The van der Waals surface area contributed by atoms with Crippen molar-refractivity contribution in [2.24, 2.45) is 5.92 Å². The minimum atomic E-state index is -0.816. The van der Waals surface area contributed by atoms with Crippen LogP contribution in [-0.2, 0) is 11.3 Å². The van der Waals surface area contributed by atoms with Gasteiger partial charge in [-0.15, -0.1) is 11.3 Å². The van der Waals surface area contributed by atoms with Crippen molar-refractivity contribution in [2.75, 3.05) is 32.5 Å². The van der Waals surface area contributed by atoms with Gasteiger partial charge in [0.25, 0.3) is 5.91 Å². The Balaban J connectivity index is 1.28. The third-order valence-electron chi connectivity index (χ3n) is 5.85. The van der Waals surface area contributed by atoms with Crippen LogP contribution in [-0.4, -0.2) is 58.5 Å². The lowest BCUT2D eigenvalue weighted by molar-refractivity contribution is 0.0593. The standard InChI is InChI=1S/C24H25N7O3S/c1-34-24(33)21-17(11-25)18(26)10-20(30-21)22(32)28-12-15-5-8-31(9-6-15)14-16-13-29-23(35-16)19-4-2-3-7-27-19/h2-4,7,10,13,15H,5-6,8-9,12,14H2,1H3,(H2,26,30)(H,28,32). The van der Waals surface area contributed by atoms with Crippen molar-refractivity contribution in [3.8, 4) is 16.8 Å². The highest BCUT2D eigenvalue weighted by Crippen LogP contribution is 2.26. The molecule has 10 nitrogen and oxygen atoms in total. The fourth-order valence-electron chi connectivity index (χ4n) is 3.93. The molecule has 4 heterocycles. The van der Waals surface area contributed by atoms with Crippen LogP contribution in [0.2, 0.25) is 0 Å². The molecule has 1 aliphatic heterocycles. The highest BCUT2D eigenvalue weighted by atomic mass is 32.1. The van der Waals surface area contributed by atoms with E-state index in [1.807, 2.05) is 30.5 Å². The number of carbonyl (C=O) groups is 2. The second kappa shape index (κ2) is 11.0. The van der Waals surface area contributed by atoms with Crippen LogP contribution in [0, 0.1) is 17.2 Å². The van der Waals surface area contributed by atoms with Gasteiger partial charge in [0.15, 0.2) is 5.69 Å². The molecule has 0 saturated carbocycles. The number of nitriles is 1. The molecular formula is C24H25N7O3S. The van der Waals surface area contributed by atoms with Crippen molar-refractivity contribution in [1.29, 1.82) is 5.26 Å². The number of rotatable bonds is 7. The fraction of sp³-hybridized carbons (Fsp3) is 0.333. The van der Waals surface area contributed by atoms with Crippen LogP contribution in [0.1, 0.15) is 44.3 Å². The number of hydrogen-bond donors (Lipinski definition) is 2. The summed E-state index contributed by atoms with van der Waals surface area (Å²) in [5.41, 5.74) is 6.36. The van der Waals surface area contributed by atoms with Gasteiger partial charge in [0.05, 0.1) is 18.5 Å². The molecule has 1 saturated heterocycles. The van der Waals surface area contributed by atoms with E-state index in [0.717, 1.165) is 43.2 Å². The number of thiazole rings is 1. The number of nitrogen functional groups attached to an aromatic ring is 1. The van der Waals surface area contributed by atoms with Gasteiger partial charge in [-0.3, -0.25) is 14.7 Å². The van der Waals surface area contributed by atoms with Crippen LogP contribution in [0.3, 0.4) is 0 Å². The molecule has 3 N–H and O–H groups in total. The molecule has 4 rings (SSSR count). The van der Waals surface area contributed by atoms with Gasteiger partial charge < -0.3 is 15.8 Å². The lowest BCUT2D eigenvalue weighted by atomic mass is 9.96. The van der Waals surface area contributed by atoms with Crippen LogP contribution in [0.15, 0.2) is 36.7 Å². The number of nitrogens with one attached hydrogen (secondary N) is 1. The summed E-state index contributed by atoms with van der Waals surface area (Å²) in [6.45, 7) is 3.18. The molecule has 1 fully saturated rings. The van der Waals surface area contributed by atoms with Crippen molar-refractivity contribution in [2.45, 2.75) is 19.4 Å². The number of pyridine rings is 2. The number of anilines is 1. The van der Waals surface area contributed by atoms with Crippen molar-refractivity contribution in [3.63, 3.8) is 0 Å². The first-order valence-electron chi connectivity index (χ1n) is 11.1. The monoisotopic (exact) mass is 491 g/mol. The summed E-state index contributed by atoms with van der Waals surface area (Å²) < 4.78 is 4.65. The minimum Gasteiger partial charge on any atom is -0.464 e. The summed E-state index contributed by atoms with van der Waals surface area (Å²) in [5, 5.41) is 13.0. The highest BCUT2D eigenvalue weighted by Gasteiger charge is 2.23. The molecule has 180 valence electrons. The zero-order valence-electron chi connectivity index (χ0n) is 19.2. The molecule has 1 aliphatic rings. The van der Waals surface area contributed by atoms with Crippen LogP contribution >= 0.6 is 11.3 Å². The molecule has 3 aromatic heterocycles. The third-order valence-corrected chi connectivity index (χ3v) is 6.85. The molecule has 0 unspecified atom stereocenters. The first-order chi connectivity index (χ1) is 17.0. The Morgan fingerprint density at radius 1 is 1.31 bits per heavy atom. The van der Waals surface area contributed by atoms with Gasteiger partial charge in [0.1, 0.15) is 22.3 Å². The largest absolute Gasteiger partial charge is 0.464 e. The number of likely N-dealkylation sites (tertiary alicyclic amines) is 1. The number of amides is 1. The molecule has 11 heteroatoms. The average Bonchev–Trinajstić information content (AvgIpc) is 3.36. The number of hydrogen-bond acceptors (Lipinski definition) is 10. The molecule has 0 aliphatic carbocycles. The molecule has 1 amide bonds. The third kappa shape index (κ3) is 5.79. The quantitative estimate of drug-likeness (QED) is 0.476. The van der Waals surface area contributed by atoms with Gasteiger partial charge in [-0.05, 0) is 50.0 Å². The lowest BCUT2D eigenvalue weighted by Crippen LogP contribution is -2.38. The van der Waals surface area contributed by atoms with Crippen LogP contribution in [0.4, 0.5) is 5.69 Å². The number of ether oxygens (including phenoxy) is 1. The second-order valence-corrected chi connectivity index (χ2v) is 9.32. The number of methoxy groups -OCH3 is 1. The molecular weight excluding hydrogens is 466 g/mol. The summed E-state index contributed by atoms with van der Waals surface area (Å²) in [7, 11) is 1.18. The van der Waals surface area contributed by atoms with E-state index in [2.05, 4.69) is 29.9 Å². The first-order valence-corrected chi connectivity index (χ1v) is 12.0. The smallest absolute Gasteiger partial charge is 0.358 e. The van der Waals surface area contributed by atoms with E-state index < -0.39 is 11.9 Å². The molecule has 0 spiro atoms. The Hall–Kier alpha value is -3.88. The highest BCUT2D eigenvalue weighted by molar-refractivity contribution is 7.14. The van der Waals surface area contributed by atoms with E-state index in [1.54, 1.807) is 17.5 Å². The maximum absolute atomic E-state index is 12.6. The topological polar surface area (TPSA) is 147 Å². The number of nitrogens with zero attached hydrogens (tertiary/aromatic N) is 5. The van der Waals surface area contributed by atoms with Gasteiger partial charge in [-0.1, -0.05) is 6.07 Å². The Labute approximate surface area is 206 Å². The number of carbonyl (C=O) groups excluding carboxylic acids is 2. The minimum absolute atomic E-state index is 0.00984. The van der Waals surface area contributed by atoms with Crippen molar-refractivity contribution in [1.82, 2.24) is 25.2 Å². The predicted octanol–water partition coefficient (Wildman–Crippen LogP) is 2.48. The Kier molecular flexibility index (Phi) is 7.64. The summed E-state index contributed by atoms with van der Waals surface area (Å²) in [4.78, 5) is 41.0. The number of piperidine rings is 1. The fourth-order valence-corrected chi connectivity index (χ4v) is 4.86. The van der Waals surface area contributed by atoms with Gasteiger partial charge in [0.2, 0.25) is 0 Å². The number of aromatic nitrogens is 3. The predicted molar refractivity (Wildman–Crippen MR) is 130 cm³/mol. The number of esters is 1. The van der Waals surface area contributed by atoms with E-state index in [0.29, 0.717) is 12.5 Å². The molecule has 0 bridgehead atoms. The molecule has 35 heavy (non-hydrogen) atoms. The maximum atomic E-state index is 12.6. The lowest BCUT2D eigenvalue weighted by Gasteiger charge is -2.31. The van der Waals surface area contributed by atoms with Gasteiger partial charge >= 0.3 is 5.97 Å². The zero-order valence-corrected chi connectivity index (χ0v) is 20.0. The number of nitrogens with two attached hydrogens (primary N) is 1. The zero-order chi connectivity index (χ0) is 24.8. The summed E-state index contributed by atoms with van der Waals surface area (Å²) in [6.07, 6.45) is 5.58. The summed E-state index contributed by atoms with van der Waals surface area (Å²) in [6, 6.07) is 8.94. The van der Waals surface area contributed by atoms with E-state index in [9.17, 15) is 14.9 Å². The molecule has 0 aromatic carbocycles. The Morgan fingerprint density at radius 2 is 2.11 bits per heavy atom. The van der Waals surface area contributed by atoms with Gasteiger partial charge in [0, 0.05) is 30.4 Å². The van der Waals surface area contributed by atoms with Crippen molar-refractivity contribution < 1.29 is 14.3 Å². The second-order valence-electron chi connectivity index (χ2n) is 8.20. The summed E-state index contributed by atoms with van der Waals surface area (Å²) >= 11 is 1.66. The van der Waals surface area contributed by atoms with Gasteiger partial charge in [-0.25, -0.2) is 14.8 Å². The first kappa shape index (κ1) is 24.3. The van der Waals surface area contributed by atoms with Crippen molar-refractivity contribution in [3.05, 3.63) is 58.5 Å². The van der Waals surface area contributed by atoms with Crippen molar-refractivity contribution >= 4 is 28.9 Å². The Morgan fingerprint density at radius 3 is 2.80 bits per heavy atom. The van der Waals surface area contributed by atoms with Crippen LogP contribution < -0.4 is 11.1 Å². The normalized spacial score (nSPS) is 14.3. The van der Waals surface area contributed by atoms with E-state index >= 15 is 0 Å². The molecule has 0 atom stereocenters. The van der Waals surface area contributed by atoms with Crippen LogP contribution in [0.5, 0.6) is 0 Å². The summed E-state index contributed by atoms with van der Waals surface area (Å²) in [5.74, 6) is -0.930. The van der Waals surface area contributed by atoms with Gasteiger partial charge in [-0.2, -0.15) is 5.26 Å². The molecule has 3 aromatic rings. The van der Waals surface area contributed by atoms with Crippen LogP contribution in [0.25, 0.3) is 10.7 Å². The van der Waals surface area contributed by atoms with E-state index in [-0.39, 0.29) is 22.6 Å². The Bertz CT molecular complexity index is 1250. The maximum Gasteiger partial charge on any atom is 0.358 e. The molecule has 0 radical (unpaired) electrons. The SMILES string of the molecule is COC(=O)c1nc(C(=O)NCC2CCN(Cc3cnc(-c4ccccn4)s3)CC2)cc(N)c1C#N.